The fraction of sp³-hybridized carbons (Fsp3) is 0.605. The maximum absolute atomic E-state index is 12.4. The minimum atomic E-state index is -4.38. The molecule has 9 rings (SSSR count). The number of ether oxygens (including phenoxy) is 3. The van der Waals surface area contributed by atoms with Gasteiger partial charge >= 0.3 is 36.4 Å². The van der Waals surface area contributed by atoms with Crippen LogP contribution in [0.4, 0.5) is 45.3 Å². The van der Waals surface area contributed by atoms with E-state index in [4.69, 9.17) is 46.9 Å². The van der Waals surface area contributed by atoms with Gasteiger partial charge in [0.2, 0.25) is 0 Å². The molecule has 6 N–H and O–H groups in total. The van der Waals surface area contributed by atoms with Gasteiger partial charge in [-0.2, -0.15) is 39.5 Å². The second-order valence-corrected chi connectivity index (χ2v) is 29.5. The number of aryl methyl sites for hydroxylation is 9. The fourth-order valence-corrected chi connectivity index (χ4v) is 13.3. The largest absolute Gasteiger partial charge is 0.481 e. The quantitative estimate of drug-likeness (QED) is 0.0135. The molecule has 614 valence electrons. The van der Waals surface area contributed by atoms with Crippen LogP contribution in [0.3, 0.4) is 0 Å². The average Bonchev–Trinajstić information content (AvgIpc) is 0.853. The Labute approximate surface area is 663 Å². The summed E-state index contributed by atoms with van der Waals surface area (Å²) in [5.41, 5.74) is 17.1. The van der Waals surface area contributed by atoms with E-state index in [0.29, 0.717) is 79.9 Å². The molecule has 23 nitrogen and oxygen atoms in total. The first-order valence-corrected chi connectivity index (χ1v) is 39.6. The van der Waals surface area contributed by atoms with Crippen molar-refractivity contribution in [2.75, 3.05) is 104 Å². The lowest BCUT2D eigenvalue weighted by atomic mass is 9.95. The highest BCUT2D eigenvalue weighted by atomic mass is 79.9. The topological polar surface area (TPSA) is 303 Å². The first kappa shape index (κ1) is 93.1. The number of rotatable bonds is 43. The molecule has 0 amide bonds. The summed E-state index contributed by atoms with van der Waals surface area (Å²) in [5, 5.41) is 31.6. The number of carboxylic acid groups (broad SMARTS) is 3. The van der Waals surface area contributed by atoms with E-state index < -0.39 is 74.3 Å². The Hall–Kier alpha value is -6.76. The zero-order chi connectivity index (χ0) is 80.4. The Morgan fingerprint density at radius 3 is 1.25 bits per heavy atom. The number of nitrogens with two attached hydrogens (primary N) is 1. The number of fused-ring (bicyclic) bond motifs is 3. The van der Waals surface area contributed by atoms with E-state index in [2.05, 4.69) is 108 Å². The van der Waals surface area contributed by atoms with Crippen LogP contribution in [0.2, 0.25) is 5.15 Å². The molecular weight excluding hydrogens is 1620 g/mol. The summed E-state index contributed by atoms with van der Waals surface area (Å²) in [7, 11) is 0. The summed E-state index contributed by atoms with van der Waals surface area (Å²) < 4.78 is 127. The normalized spacial score (nSPS) is 14.3. The molecule has 0 fully saturated rings. The molecule has 0 saturated heterocycles. The van der Waals surface area contributed by atoms with Gasteiger partial charge in [0.25, 0.3) is 0 Å². The highest BCUT2D eigenvalue weighted by Gasteiger charge is 2.30. The summed E-state index contributed by atoms with van der Waals surface area (Å²) in [6, 6.07) is 12.6. The fourth-order valence-electron chi connectivity index (χ4n) is 12.6. The molecule has 35 heteroatoms. The number of carboxylic acids is 3. The van der Waals surface area contributed by atoms with Crippen molar-refractivity contribution in [3.63, 3.8) is 0 Å². The molecular formula is C76H102Br2ClF9N14O9. The van der Waals surface area contributed by atoms with Crippen LogP contribution in [0.15, 0.2) is 89.0 Å². The molecule has 3 aliphatic carbocycles. The molecule has 0 unspecified atom stereocenters. The molecule has 0 spiro atoms. The minimum absolute atomic E-state index is 0.0600. The lowest BCUT2D eigenvalue weighted by Crippen LogP contribution is -2.37. The van der Waals surface area contributed by atoms with Crippen molar-refractivity contribution in [3.05, 3.63) is 151 Å². The van der Waals surface area contributed by atoms with Gasteiger partial charge in [0.1, 0.15) is 61.9 Å². The second kappa shape index (κ2) is 50.5. The first-order chi connectivity index (χ1) is 53.1. The number of nitrogens with one attached hydrogen (secondary N) is 1. The van der Waals surface area contributed by atoms with Gasteiger partial charge in [0, 0.05) is 97.6 Å². The third-order valence-corrected chi connectivity index (χ3v) is 20.3. The molecule has 6 aromatic heterocycles. The average molecular weight is 1720 g/mol. The molecule has 3 atom stereocenters. The number of aliphatic carboxylic acids is 3. The van der Waals surface area contributed by atoms with E-state index in [9.17, 15) is 64.1 Å². The maximum Gasteiger partial charge on any atom is 0.411 e. The molecule has 6 aromatic rings. The van der Waals surface area contributed by atoms with Crippen LogP contribution >= 0.6 is 43.5 Å². The van der Waals surface area contributed by atoms with Crippen molar-refractivity contribution < 1.29 is 83.4 Å². The van der Waals surface area contributed by atoms with Gasteiger partial charge < -0.3 is 55.3 Å². The standard InChI is InChI=1S/C26H35F3N4O3.C25H33BrF3N5O3.C21H32F3N3O3.C4H2BrClN2/c27-26(28,29)18-36-16-15-33(14-11-21(25(34)35)17-23-10-12-30-19-31-23)13-4-3-6-22-9-8-20-5-1-2-7-24(20)32-22;26-20-15-30-17-31-23(20)33-22(24(35)36)10-12-34(13-14-37-16-25(27,28)29)11-4-3-6-19-9-8-18-5-1-2-7-21(18)32-19;22-21(23,24)15-30-14-13-27(12-10-18(25)20(28)29)11-4-3-6-17-9-8-16-5-1-2-7-19(16)26-17;5-3-1-7-2-8-4(3)6/h8-10,12,19,21H,1-7,11,13-18H2,(H,34,35);8-9,15,17,22H,1-7,10-14,16H2,(H,35,36)(H,30,31,33);8-9,18H,1-7,10-15,25H2,(H,28,29);1-2H/t21-;22-;18-;/m100./s1. The van der Waals surface area contributed by atoms with Crippen molar-refractivity contribution >= 4 is 67.2 Å². The summed E-state index contributed by atoms with van der Waals surface area (Å²) in [4.78, 5) is 78.0. The number of hydrogen-bond donors (Lipinski definition) is 5. The number of anilines is 1. The number of hydrogen-bond acceptors (Lipinski definition) is 20. The third kappa shape index (κ3) is 39.7. The Kier molecular flexibility index (Phi) is 42.3. The predicted molar refractivity (Wildman–Crippen MR) is 407 cm³/mol. The van der Waals surface area contributed by atoms with Crippen LogP contribution < -0.4 is 11.1 Å². The van der Waals surface area contributed by atoms with Gasteiger partial charge in [0.05, 0.1) is 34.7 Å². The van der Waals surface area contributed by atoms with Gasteiger partial charge in [-0.3, -0.25) is 24.5 Å². The molecule has 111 heavy (non-hydrogen) atoms. The lowest BCUT2D eigenvalue weighted by molar-refractivity contribution is -0.175. The van der Waals surface area contributed by atoms with E-state index in [-0.39, 0.29) is 45.6 Å². The van der Waals surface area contributed by atoms with Crippen molar-refractivity contribution in [1.82, 2.24) is 59.6 Å². The Morgan fingerprint density at radius 1 is 0.477 bits per heavy atom. The zero-order valence-electron chi connectivity index (χ0n) is 62.3. The number of nitrogens with zero attached hydrogens (tertiary/aromatic N) is 12. The van der Waals surface area contributed by atoms with Crippen molar-refractivity contribution in [3.8, 4) is 0 Å². The van der Waals surface area contributed by atoms with Crippen LogP contribution in [0, 0.1) is 5.92 Å². The maximum atomic E-state index is 12.4. The lowest BCUT2D eigenvalue weighted by Gasteiger charge is -2.25. The van der Waals surface area contributed by atoms with Crippen molar-refractivity contribution in [2.24, 2.45) is 11.7 Å². The summed E-state index contributed by atoms with van der Waals surface area (Å²) in [6.45, 7) is -0.0343. The van der Waals surface area contributed by atoms with Crippen LogP contribution in [-0.4, -0.2) is 222 Å². The molecule has 0 bridgehead atoms. The van der Waals surface area contributed by atoms with Crippen LogP contribution in [0.25, 0.3) is 0 Å². The molecule has 6 heterocycles. The zero-order valence-corrected chi connectivity index (χ0v) is 66.2. The van der Waals surface area contributed by atoms with Crippen LogP contribution in [-0.2, 0) is 92.8 Å². The second-order valence-electron chi connectivity index (χ2n) is 27.4. The van der Waals surface area contributed by atoms with Crippen LogP contribution in [0.1, 0.15) is 153 Å². The van der Waals surface area contributed by atoms with Gasteiger partial charge in [-0.1, -0.05) is 29.8 Å². The van der Waals surface area contributed by atoms with Crippen LogP contribution in [0.5, 0.6) is 0 Å². The Morgan fingerprint density at radius 2 is 0.883 bits per heavy atom. The summed E-state index contributed by atoms with van der Waals surface area (Å²) >= 11 is 11.9. The number of aromatic nitrogens is 9. The first-order valence-electron chi connectivity index (χ1n) is 37.6. The highest BCUT2D eigenvalue weighted by Crippen LogP contribution is 2.26. The van der Waals surface area contributed by atoms with E-state index in [1.807, 2.05) is 14.7 Å². The van der Waals surface area contributed by atoms with E-state index in [1.165, 1.54) is 97.5 Å². The smallest absolute Gasteiger partial charge is 0.411 e. The number of unbranched alkanes of at least 4 members (excludes halogenated alkanes) is 3. The van der Waals surface area contributed by atoms with Gasteiger partial charge in [-0.15, -0.1) is 0 Å². The predicted octanol–water partition coefficient (Wildman–Crippen LogP) is 13.8. The number of carbonyl (C=O) groups is 3. The van der Waals surface area contributed by atoms with Crippen molar-refractivity contribution in [2.45, 2.75) is 191 Å². The number of halogens is 12. The van der Waals surface area contributed by atoms with E-state index in [0.717, 1.165) is 118 Å². The number of alkyl halides is 9. The van der Waals surface area contributed by atoms with E-state index in [1.54, 1.807) is 18.5 Å². The summed E-state index contributed by atoms with van der Waals surface area (Å²) in [5.74, 6) is -3.32. The Balaban J connectivity index is 0.000000248. The highest BCUT2D eigenvalue weighted by molar-refractivity contribution is 9.11. The van der Waals surface area contributed by atoms with Gasteiger partial charge in [0.15, 0.2) is 0 Å². The SMILES string of the molecule is Clc1ncncc1Br.N[C@@H](CCN(CCCCc1ccc2c(n1)CCCC2)CCOCC(F)(F)F)C(=O)O.O=C(O)[C@H](CCN(CCCCc1ccc2c(n1)CCCC2)CCOCC(F)(F)F)Cc1ccncn1.O=C(O)[C@H](CCN(CCCCc1ccc2c(n1)CCCC2)CCOCC(F)(F)F)Nc1ncncc1Br. The van der Waals surface area contributed by atoms with Gasteiger partial charge in [-0.25, -0.2) is 34.7 Å². The molecule has 0 saturated carbocycles. The number of pyridine rings is 3. The monoisotopic (exact) mass is 1720 g/mol. The third-order valence-electron chi connectivity index (χ3n) is 18.6. The Bertz CT molecular complexity index is 3680. The molecule has 0 aromatic carbocycles. The van der Waals surface area contributed by atoms with E-state index >= 15 is 0 Å². The van der Waals surface area contributed by atoms with Crippen molar-refractivity contribution in [1.29, 1.82) is 0 Å². The van der Waals surface area contributed by atoms with Gasteiger partial charge in [-0.05, 0) is 253 Å². The summed E-state index contributed by atoms with van der Waals surface area (Å²) in [6.07, 6.45) is 18.1. The minimum Gasteiger partial charge on any atom is -0.481 e. The molecule has 0 radical (unpaired) electrons. The molecule has 0 aliphatic heterocycles. The molecule has 3 aliphatic rings.